The third kappa shape index (κ3) is 4.06. The van der Waals surface area contributed by atoms with Gasteiger partial charge < -0.3 is 8.83 Å². The second-order valence-corrected chi connectivity index (χ2v) is 12.4. The summed E-state index contributed by atoms with van der Waals surface area (Å²) in [6, 6.07) is 58.5. The van der Waals surface area contributed by atoms with Crippen molar-refractivity contribution in [3.05, 3.63) is 170 Å². The van der Waals surface area contributed by atoms with Crippen molar-refractivity contribution in [2.45, 2.75) is 0 Å². The third-order valence-corrected chi connectivity index (χ3v) is 9.74. The lowest BCUT2D eigenvalue weighted by Gasteiger charge is -2.18. The summed E-state index contributed by atoms with van der Waals surface area (Å²) in [5.41, 5.74) is 11.9. The molecule has 0 spiro atoms. The van der Waals surface area contributed by atoms with E-state index in [1.165, 1.54) is 49.4 Å². The van der Waals surface area contributed by atoms with Gasteiger partial charge in [0, 0.05) is 21.7 Å². The first kappa shape index (κ1) is 26.8. The molecule has 0 bridgehead atoms. The molecule has 48 heavy (non-hydrogen) atoms. The molecule has 0 atom stereocenters. The maximum absolute atomic E-state index is 6.51. The van der Waals surface area contributed by atoms with E-state index in [9.17, 15) is 0 Å². The number of furan rings is 2. The van der Waals surface area contributed by atoms with Crippen LogP contribution >= 0.6 is 0 Å². The molecule has 2 aromatic heterocycles. The molecule has 0 amide bonds. The smallest absolute Gasteiger partial charge is 0.178 e. The van der Waals surface area contributed by atoms with Gasteiger partial charge in [0.15, 0.2) is 11.2 Å². The molecular weight excluding hydrogens is 585 g/mol. The molecule has 2 heteroatoms. The van der Waals surface area contributed by atoms with Crippen LogP contribution < -0.4 is 0 Å². The van der Waals surface area contributed by atoms with Crippen molar-refractivity contribution in [1.82, 2.24) is 0 Å². The zero-order valence-electron chi connectivity index (χ0n) is 26.0. The molecular formula is C46H28O2. The highest BCUT2D eigenvalue weighted by Gasteiger charge is 2.20. The maximum Gasteiger partial charge on any atom is 0.178 e. The molecule has 2 heterocycles. The van der Waals surface area contributed by atoms with Gasteiger partial charge in [0.2, 0.25) is 0 Å². The van der Waals surface area contributed by atoms with Gasteiger partial charge in [-0.05, 0) is 90.8 Å². The minimum absolute atomic E-state index is 0.780. The van der Waals surface area contributed by atoms with Crippen molar-refractivity contribution < 1.29 is 8.83 Å². The predicted molar refractivity (Wildman–Crippen MR) is 200 cm³/mol. The van der Waals surface area contributed by atoms with Gasteiger partial charge >= 0.3 is 0 Å². The van der Waals surface area contributed by atoms with Gasteiger partial charge in [-0.3, -0.25) is 0 Å². The molecule has 10 rings (SSSR count). The van der Waals surface area contributed by atoms with E-state index in [4.69, 9.17) is 8.83 Å². The Kier molecular flexibility index (Phi) is 5.91. The Bertz CT molecular complexity index is 2760. The molecule has 0 aliphatic carbocycles. The fourth-order valence-corrected chi connectivity index (χ4v) is 7.56. The Morgan fingerprint density at radius 3 is 1.52 bits per heavy atom. The maximum atomic E-state index is 6.51. The average Bonchev–Trinajstić information content (AvgIpc) is 3.76. The fourth-order valence-electron chi connectivity index (χ4n) is 7.56. The number of hydrogen-bond donors (Lipinski definition) is 0. The lowest BCUT2D eigenvalue weighted by molar-refractivity contribution is 0.600. The Morgan fingerprint density at radius 1 is 0.312 bits per heavy atom. The number of hydrogen-bond acceptors (Lipinski definition) is 2. The Hall–Kier alpha value is -6.38. The normalized spacial score (nSPS) is 11.8. The summed E-state index contributed by atoms with van der Waals surface area (Å²) in [5.74, 6) is 0. The number of rotatable bonds is 4. The standard InChI is InChI=1S/C46H28O2/c1-3-12-29(13-4-1)31-16-11-17-32(26-31)43-34-18-7-9-20-36(34)44(37-21-10-8-19-35(37)43)33-22-25-42-40(27-33)38-23-24-39-41(30-14-5-2-6-15-30)28-47-45(39)46(38)48-42/h1-28H. The highest BCUT2D eigenvalue weighted by atomic mass is 16.4. The summed E-state index contributed by atoms with van der Waals surface area (Å²) in [6.07, 6.45) is 1.84. The van der Waals surface area contributed by atoms with Crippen molar-refractivity contribution in [3.8, 4) is 44.5 Å². The molecule has 0 aliphatic heterocycles. The molecule has 0 saturated heterocycles. The Balaban J connectivity index is 1.20. The summed E-state index contributed by atoms with van der Waals surface area (Å²) in [7, 11) is 0. The van der Waals surface area contributed by atoms with Gasteiger partial charge in [-0.25, -0.2) is 0 Å². The van der Waals surface area contributed by atoms with Gasteiger partial charge in [-0.2, -0.15) is 0 Å². The molecule has 0 radical (unpaired) electrons. The molecule has 8 aromatic carbocycles. The zero-order chi connectivity index (χ0) is 31.6. The van der Waals surface area contributed by atoms with E-state index in [-0.39, 0.29) is 0 Å². The average molecular weight is 613 g/mol. The summed E-state index contributed by atoms with van der Waals surface area (Å²) in [6.45, 7) is 0. The topological polar surface area (TPSA) is 26.3 Å². The molecule has 0 saturated carbocycles. The van der Waals surface area contributed by atoms with Gasteiger partial charge in [-0.1, -0.05) is 133 Å². The summed E-state index contributed by atoms with van der Waals surface area (Å²) >= 11 is 0. The molecule has 0 N–H and O–H groups in total. The number of benzene rings is 8. The highest BCUT2D eigenvalue weighted by molar-refractivity contribution is 6.23. The van der Waals surface area contributed by atoms with Crippen molar-refractivity contribution in [3.63, 3.8) is 0 Å². The first-order chi connectivity index (χ1) is 23.8. The predicted octanol–water partition coefficient (Wildman–Crippen LogP) is 13.3. The minimum Gasteiger partial charge on any atom is -0.460 e. The molecule has 0 fully saturated rings. The minimum atomic E-state index is 0.780. The second kappa shape index (κ2) is 10.6. The van der Waals surface area contributed by atoms with Crippen LogP contribution in [0.3, 0.4) is 0 Å². The summed E-state index contributed by atoms with van der Waals surface area (Å²) in [4.78, 5) is 0. The van der Waals surface area contributed by atoms with Crippen molar-refractivity contribution in [2.24, 2.45) is 0 Å². The van der Waals surface area contributed by atoms with Crippen LogP contribution in [0.2, 0.25) is 0 Å². The van der Waals surface area contributed by atoms with Crippen LogP contribution in [-0.4, -0.2) is 0 Å². The molecule has 10 aromatic rings. The van der Waals surface area contributed by atoms with Gasteiger partial charge in [0.05, 0.1) is 6.26 Å². The van der Waals surface area contributed by atoms with E-state index in [1.807, 2.05) is 12.3 Å². The zero-order valence-corrected chi connectivity index (χ0v) is 26.0. The first-order valence-electron chi connectivity index (χ1n) is 16.3. The second-order valence-electron chi connectivity index (χ2n) is 12.4. The van der Waals surface area contributed by atoms with Gasteiger partial charge in [0.25, 0.3) is 0 Å². The Morgan fingerprint density at radius 2 is 0.854 bits per heavy atom. The SMILES string of the molecule is c1ccc(-c2cccc(-c3c4ccccc4c(-c4ccc5oc6c(ccc7c(-c8ccccc8)coc76)c5c4)c4ccccc34)c2)cc1. The number of fused-ring (bicyclic) bond motifs is 7. The van der Waals surface area contributed by atoms with Crippen LogP contribution in [0.4, 0.5) is 0 Å². The lowest BCUT2D eigenvalue weighted by atomic mass is 9.85. The highest BCUT2D eigenvalue weighted by Crippen LogP contribution is 2.46. The first-order valence-corrected chi connectivity index (χ1v) is 16.3. The molecule has 0 aliphatic rings. The molecule has 224 valence electrons. The van der Waals surface area contributed by atoms with Crippen molar-refractivity contribution >= 4 is 54.5 Å². The third-order valence-electron chi connectivity index (χ3n) is 9.74. The van der Waals surface area contributed by atoms with Crippen LogP contribution in [0.1, 0.15) is 0 Å². The molecule has 0 unspecified atom stereocenters. The largest absolute Gasteiger partial charge is 0.460 e. The monoisotopic (exact) mass is 612 g/mol. The van der Waals surface area contributed by atoms with Gasteiger partial charge in [0.1, 0.15) is 5.58 Å². The van der Waals surface area contributed by atoms with Crippen LogP contribution in [0.5, 0.6) is 0 Å². The van der Waals surface area contributed by atoms with Crippen molar-refractivity contribution in [2.75, 3.05) is 0 Å². The lowest BCUT2D eigenvalue weighted by Crippen LogP contribution is -1.91. The van der Waals surface area contributed by atoms with E-state index < -0.39 is 0 Å². The van der Waals surface area contributed by atoms with E-state index in [0.29, 0.717) is 0 Å². The van der Waals surface area contributed by atoms with Crippen LogP contribution in [0.15, 0.2) is 179 Å². The van der Waals surface area contributed by atoms with Crippen LogP contribution in [-0.2, 0) is 0 Å². The van der Waals surface area contributed by atoms with Crippen molar-refractivity contribution in [1.29, 1.82) is 0 Å². The Labute approximate surface area is 277 Å². The summed E-state index contributed by atoms with van der Waals surface area (Å²) < 4.78 is 12.7. The molecule has 2 nitrogen and oxygen atoms in total. The quantitative estimate of drug-likeness (QED) is 0.185. The van der Waals surface area contributed by atoms with Crippen LogP contribution in [0.25, 0.3) is 99.0 Å². The van der Waals surface area contributed by atoms with E-state index in [1.54, 1.807) is 0 Å². The van der Waals surface area contributed by atoms with Gasteiger partial charge in [-0.15, -0.1) is 0 Å². The summed E-state index contributed by atoms with van der Waals surface area (Å²) in [5, 5.41) is 8.11. The van der Waals surface area contributed by atoms with E-state index >= 15 is 0 Å². The fraction of sp³-hybridized carbons (Fsp3) is 0. The van der Waals surface area contributed by atoms with E-state index in [2.05, 4.69) is 158 Å². The van der Waals surface area contributed by atoms with E-state index in [0.717, 1.165) is 49.6 Å². The van der Waals surface area contributed by atoms with Crippen LogP contribution in [0, 0.1) is 0 Å².